The predicted molar refractivity (Wildman–Crippen MR) is 71.9 cm³/mol. The average Bonchev–Trinajstić information content (AvgIpc) is 2.86. The molecule has 2 rings (SSSR count). The van der Waals surface area contributed by atoms with Crippen LogP contribution in [0.4, 0.5) is 0 Å². The van der Waals surface area contributed by atoms with Crippen molar-refractivity contribution in [3.8, 4) is 0 Å². The van der Waals surface area contributed by atoms with Crippen molar-refractivity contribution < 1.29 is 13.5 Å². The fourth-order valence-corrected chi connectivity index (χ4v) is 4.71. The Morgan fingerprint density at radius 2 is 2.05 bits per heavy atom. The van der Waals surface area contributed by atoms with Gasteiger partial charge in [-0.1, -0.05) is 18.1 Å². The van der Waals surface area contributed by atoms with Crippen LogP contribution in [0.5, 0.6) is 0 Å². The molecule has 9 heteroatoms. The van der Waals surface area contributed by atoms with E-state index in [4.69, 9.17) is 0 Å². The molecule has 19 heavy (non-hydrogen) atoms. The van der Waals surface area contributed by atoms with E-state index in [1.165, 1.54) is 23.1 Å². The number of halogens is 1. The van der Waals surface area contributed by atoms with Crippen LogP contribution in [0.15, 0.2) is 9.63 Å². The third kappa shape index (κ3) is 2.83. The number of rotatable bonds is 4. The zero-order chi connectivity index (χ0) is 14.3. The van der Waals surface area contributed by atoms with Gasteiger partial charge >= 0.3 is 0 Å². The molecule has 0 amide bonds. The molecule has 0 radical (unpaired) electrons. The Hall–Kier alpha value is -0.510. The van der Waals surface area contributed by atoms with Crippen LogP contribution >= 0.6 is 15.9 Å². The van der Waals surface area contributed by atoms with Gasteiger partial charge in [-0.3, -0.25) is 0 Å². The zero-order valence-electron chi connectivity index (χ0n) is 10.9. The lowest BCUT2D eigenvalue weighted by atomic mass is 10.0. The number of aliphatic hydroxyl groups is 1. The van der Waals surface area contributed by atoms with Crippen LogP contribution in [0.25, 0.3) is 0 Å². The van der Waals surface area contributed by atoms with E-state index in [0.717, 1.165) is 12.8 Å². The lowest BCUT2D eigenvalue weighted by Crippen LogP contribution is -2.42. The Morgan fingerprint density at radius 3 is 2.53 bits per heavy atom. The maximum atomic E-state index is 12.4. The number of aryl methyl sites for hydroxylation is 1. The maximum absolute atomic E-state index is 12.4. The first-order valence-corrected chi connectivity index (χ1v) is 8.23. The van der Waals surface area contributed by atoms with Gasteiger partial charge in [-0.2, -0.15) is 4.31 Å². The van der Waals surface area contributed by atoms with E-state index < -0.39 is 15.6 Å². The largest absolute Gasteiger partial charge is 0.389 e. The van der Waals surface area contributed by atoms with Crippen molar-refractivity contribution in [1.82, 2.24) is 19.3 Å². The fraction of sp³-hybridized carbons (Fsp3) is 0.800. The Labute approximate surface area is 120 Å². The van der Waals surface area contributed by atoms with E-state index in [0.29, 0.717) is 12.8 Å². The number of hydrogen-bond acceptors (Lipinski definition) is 5. The predicted octanol–water partition coefficient (Wildman–Crippen LogP) is 0.503. The molecule has 0 atom stereocenters. The summed E-state index contributed by atoms with van der Waals surface area (Å²) in [5, 5.41) is 17.6. The van der Waals surface area contributed by atoms with Gasteiger partial charge in [-0.25, -0.2) is 13.1 Å². The summed E-state index contributed by atoms with van der Waals surface area (Å²) in [7, 11) is -0.738. The van der Waals surface area contributed by atoms with Gasteiger partial charge in [-0.15, -0.1) is 5.10 Å². The first-order chi connectivity index (χ1) is 8.76. The Morgan fingerprint density at radius 1 is 1.47 bits per heavy atom. The van der Waals surface area contributed by atoms with Gasteiger partial charge in [-0.05, 0) is 28.8 Å². The highest BCUT2D eigenvalue weighted by atomic mass is 79.9. The molecule has 7 nitrogen and oxygen atoms in total. The van der Waals surface area contributed by atoms with E-state index in [2.05, 4.69) is 26.2 Å². The molecular weight excluding hydrogens is 336 g/mol. The Kier molecular flexibility index (Phi) is 4.01. The molecule has 0 spiro atoms. The van der Waals surface area contributed by atoms with Gasteiger partial charge in [0.1, 0.15) is 0 Å². The van der Waals surface area contributed by atoms with Crippen LogP contribution in [-0.4, -0.2) is 52.0 Å². The summed E-state index contributed by atoms with van der Waals surface area (Å²) in [6, 6.07) is 0. The molecular formula is C10H17BrN4O3S. The van der Waals surface area contributed by atoms with Crippen LogP contribution in [-0.2, 0) is 17.1 Å². The summed E-state index contributed by atoms with van der Waals surface area (Å²) >= 11 is 3.08. The first-order valence-electron chi connectivity index (χ1n) is 6.00. The minimum absolute atomic E-state index is 0.00315. The number of aromatic nitrogens is 3. The van der Waals surface area contributed by atoms with Crippen LogP contribution < -0.4 is 0 Å². The van der Waals surface area contributed by atoms with E-state index in [-0.39, 0.29) is 16.2 Å². The molecule has 1 aromatic rings. The van der Waals surface area contributed by atoms with Crippen molar-refractivity contribution in [2.24, 2.45) is 7.05 Å². The molecule has 1 aliphatic carbocycles. The lowest BCUT2D eigenvalue weighted by molar-refractivity contribution is 0.0332. The Bertz CT molecular complexity index is 546. The van der Waals surface area contributed by atoms with E-state index >= 15 is 0 Å². The molecule has 1 saturated carbocycles. The molecule has 0 aromatic carbocycles. The lowest BCUT2D eigenvalue weighted by Gasteiger charge is -2.27. The highest BCUT2D eigenvalue weighted by Crippen LogP contribution is 2.31. The summed E-state index contributed by atoms with van der Waals surface area (Å²) in [5.41, 5.74) is -0.916. The van der Waals surface area contributed by atoms with Crippen molar-refractivity contribution in [2.45, 2.75) is 36.3 Å². The maximum Gasteiger partial charge on any atom is 0.262 e. The van der Waals surface area contributed by atoms with E-state index in [9.17, 15) is 13.5 Å². The number of sulfonamides is 1. The second-order valence-electron chi connectivity index (χ2n) is 5.00. The smallest absolute Gasteiger partial charge is 0.262 e. The standard InChI is InChI=1S/C10H17BrN4O3S/c1-14(7-10(16)5-3-4-6-10)19(17,18)9-8(11)12-13-15(9)2/h16H,3-7H2,1-2H3. The summed E-state index contributed by atoms with van der Waals surface area (Å²) < 4.78 is 27.4. The van der Waals surface area contributed by atoms with Crippen LogP contribution in [0.1, 0.15) is 25.7 Å². The summed E-state index contributed by atoms with van der Waals surface area (Å²) in [5.74, 6) is 0. The van der Waals surface area contributed by atoms with Crippen LogP contribution in [0.3, 0.4) is 0 Å². The van der Waals surface area contributed by atoms with Crippen molar-refractivity contribution in [3.63, 3.8) is 0 Å². The van der Waals surface area contributed by atoms with Crippen molar-refractivity contribution in [3.05, 3.63) is 4.60 Å². The van der Waals surface area contributed by atoms with Gasteiger partial charge in [0.2, 0.25) is 5.03 Å². The molecule has 1 aromatic heterocycles. The van der Waals surface area contributed by atoms with Gasteiger partial charge in [0, 0.05) is 20.6 Å². The third-order valence-electron chi connectivity index (χ3n) is 3.44. The minimum atomic E-state index is -3.72. The number of nitrogens with zero attached hydrogens (tertiary/aromatic N) is 4. The molecule has 1 N–H and O–H groups in total. The molecule has 0 saturated heterocycles. The molecule has 1 fully saturated rings. The van der Waals surface area contributed by atoms with Crippen LogP contribution in [0.2, 0.25) is 0 Å². The second-order valence-corrected chi connectivity index (χ2v) is 7.71. The fourth-order valence-electron chi connectivity index (χ4n) is 2.43. The minimum Gasteiger partial charge on any atom is -0.389 e. The zero-order valence-corrected chi connectivity index (χ0v) is 13.3. The highest BCUT2D eigenvalue weighted by molar-refractivity contribution is 9.10. The van der Waals surface area contributed by atoms with E-state index in [1.807, 2.05) is 0 Å². The molecule has 0 bridgehead atoms. The number of hydrogen-bond donors (Lipinski definition) is 1. The Balaban J connectivity index is 2.25. The van der Waals surface area contributed by atoms with Gasteiger partial charge in [0.25, 0.3) is 10.0 Å². The van der Waals surface area contributed by atoms with Gasteiger partial charge in [0.15, 0.2) is 4.60 Å². The second kappa shape index (κ2) is 5.12. The summed E-state index contributed by atoms with van der Waals surface area (Å²) in [6.45, 7) is 0.0902. The van der Waals surface area contributed by atoms with Gasteiger partial charge < -0.3 is 5.11 Å². The molecule has 108 valence electrons. The van der Waals surface area contributed by atoms with Crippen molar-refractivity contribution in [2.75, 3.05) is 13.6 Å². The quantitative estimate of drug-likeness (QED) is 0.852. The van der Waals surface area contributed by atoms with Crippen LogP contribution in [0, 0.1) is 0 Å². The average molecular weight is 353 g/mol. The first kappa shape index (κ1) is 14.9. The van der Waals surface area contributed by atoms with E-state index in [1.54, 1.807) is 0 Å². The monoisotopic (exact) mass is 352 g/mol. The molecule has 0 aliphatic heterocycles. The highest BCUT2D eigenvalue weighted by Gasteiger charge is 2.37. The molecule has 1 heterocycles. The van der Waals surface area contributed by atoms with Crippen molar-refractivity contribution >= 4 is 26.0 Å². The number of likely N-dealkylation sites (N-methyl/N-ethyl adjacent to an activating group) is 1. The summed E-state index contributed by atoms with van der Waals surface area (Å²) in [6.07, 6.45) is 3.14. The SMILES string of the molecule is CN(CC1(O)CCCC1)S(=O)(=O)c1c(Br)nnn1C. The third-order valence-corrected chi connectivity index (χ3v) is 6.14. The molecule has 0 unspecified atom stereocenters. The van der Waals surface area contributed by atoms with Gasteiger partial charge in [0.05, 0.1) is 5.60 Å². The topological polar surface area (TPSA) is 88.3 Å². The van der Waals surface area contributed by atoms with Crippen molar-refractivity contribution in [1.29, 1.82) is 0 Å². The summed E-state index contributed by atoms with van der Waals surface area (Å²) in [4.78, 5) is 0. The normalized spacial score (nSPS) is 19.2. The molecule has 1 aliphatic rings.